The Bertz CT molecular complexity index is 396. The predicted molar refractivity (Wildman–Crippen MR) is 62.6 cm³/mol. The van der Waals surface area contributed by atoms with E-state index in [0.717, 1.165) is 12.5 Å². The van der Waals surface area contributed by atoms with Crippen molar-refractivity contribution in [2.75, 3.05) is 13.1 Å². The molecule has 0 saturated carbocycles. The van der Waals surface area contributed by atoms with Crippen LogP contribution < -0.4 is 0 Å². The third-order valence-corrected chi connectivity index (χ3v) is 3.72. The van der Waals surface area contributed by atoms with Crippen LogP contribution in [0.15, 0.2) is 36.4 Å². The maximum absolute atomic E-state index is 12.9. The third-order valence-electron chi connectivity index (χ3n) is 3.72. The van der Waals surface area contributed by atoms with Crippen LogP contribution in [-0.4, -0.2) is 18.0 Å². The summed E-state index contributed by atoms with van der Waals surface area (Å²) in [6.45, 7) is 2.21. The fourth-order valence-corrected chi connectivity index (χ4v) is 2.88. The van der Waals surface area contributed by atoms with Crippen LogP contribution >= 0.6 is 0 Å². The van der Waals surface area contributed by atoms with Crippen LogP contribution in [0.4, 0.5) is 4.39 Å². The number of nitrogens with zero attached hydrogens (tertiary/aromatic N) is 1. The van der Waals surface area contributed by atoms with E-state index >= 15 is 0 Å². The van der Waals surface area contributed by atoms with Gasteiger partial charge in [0.15, 0.2) is 0 Å². The second-order valence-electron chi connectivity index (χ2n) is 4.79. The van der Waals surface area contributed by atoms with E-state index in [-0.39, 0.29) is 5.82 Å². The molecule has 2 aliphatic rings. The Labute approximate surface area is 95.6 Å². The standard InChI is InChI=1S/C14H16FN/c15-13-6-4-12(5-7-13)14-8-3-11-2-1-9-16(14)10-11/h1-2,4-7,11,14H,3,8-10H2. The number of hydrogen-bond acceptors (Lipinski definition) is 1. The molecular weight excluding hydrogens is 201 g/mol. The number of piperidine rings is 1. The van der Waals surface area contributed by atoms with Crippen LogP contribution in [0.3, 0.4) is 0 Å². The molecule has 1 saturated heterocycles. The van der Waals surface area contributed by atoms with Gasteiger partial charge in [0.25, 0.3) is 0 Å². The Morgan fingerprint density at radius 2 is 1.94 bits per heavy atom. The lowest BCUT2D eigenvalue weighted by Crippen LogP contribution is -2.40. The summed E-state index contributed by atoms with van der Waals surface area (Å²) in [5.41, 5.74) is 1.26. The summed E-state index contributed by atoms with van der Waals surface area (Å²) < 4.78 is 12.9. The first-order chi connectivity index (χ1) is 7.83. The summed E-state index contributed by atoms with van der Waals surface area (Å²) in [7, 11) is 0. The van der Waals surface area contributed by atoms with Gasteiger partial charge in [0.1, 0.15) is 5.82 Å². The second kappa shape index (κ2) is 4.02. The summed E-state index contributed by atoms with van der Waals surface area (Å²) >= 11 is 0. The molecule has 0 amide bonds. The molecule has 3 unspecified atom stereocenters. The molecule has 0 aliphatic carbocycles. The zero-order chi connectivity index (χ0) is 11.0. The number of fused-ring (bicyclic) bond motifs is 2. The average molecular weight is 217 g/mol. The monoisotopic (exact) mass is 217 g/mol. The molecule has 2 aliphatic heterocycles. The van der Waals surface area contributed by atoms with Gasteiger partial charge < -0.3 is 0 Å². The first-order valence-corrected chi connectivity index (χ1v) is 5.99. The molecule has 0 spiro atoms. The molecule has 16 heavy (non-hydrogen) atoms. The van der Waals surface area contributed by atoms with Gasteiger partial charge in [0.2, 0.25) is 0 Å². The Balaban J connectivity index is 1.84. The molecule has 1 aromatic rings. The van der Waals surface area contributed by atoms with E-state index in [4.69, 9.17) is 0 Å². The largest absolute Gasteiger partial charge is 0.292 e. The molecule has 3 atom stereocenters. The molecule has 1 aromatic carbocycles. The third kappa shape index (κ3) is 1.78. The van der Waals surface area contributed by atoms with Crippen LogP contribution in [0.1, 0.15) is 24.4 Å². The zero-order valence-electron chi connectivity index (χ0n) is 9.27. The molecule has 84 valence electrons. The van der Waals surface area contributed by atoms with Gasteiger partial charge in [-0.15, -0.1) is 0 Å². The molecule has 0 N–H and O–H groups in total. The predicted octanol–water partition coefficient (Wildman–Crippen LogP) is 3.15. The van der Waals surface area contributed by atoms with Crippen LogP contribution in [0.25, 0.3) is 0 Å². The van der Waals surface area contributed by atoms with Gasteiger partial charge in [0, 0.05) is 19.1 Å². The Hall–Kier alpha value is -1.15. The van der Waals surface area contributed by atoms with Gasteiger partial charge in [-0.25, -0.2) is 4.39 Å². The topological polar surface area (TPSA) is 3.24 Å². The van der Waals surface area contributed by atoms with Crippen molar-refractivity contribution in [1.29, 1.82) is 0 Å². The summed E-state index contributed by atoms with van der Waals surface area (Å²) in [6, 6.07) is 7.49. The van der Waals surface area contributed by atoms with Crippen molar-refractivity contribution >= 4 is 0 Å². The van der Waals surface area contributed by atoms with Gasteiger partial charge >= 0.3 is 0 Å². The second-order valence-corrected chi connectivity index (χ2v) is 4.79. The van der Waals surface area contributed by atoms with E-state index in [9.17, 15) is 4.39 Å². The number of halogens is 1. The molecule has 1 nitrogen and oxygen atoms in total. The van der Waals surface area contributed by atoms with E-state index in [1.165, 1.54) is 24.9 Å². The Kier molecular flexibility index (Phi) is 2.52. The highest BCUT2D eigenvalue weighted by atomic mass is 19.1. The van der Waals surface area contributed by atoms with E-state index in [2.05, 4.69) is 17.1 Å². The van der Waals surface area contributed by atoms with Crippen LogP contribution in [0, 0.1) is 11.7 Å². The molecule has 0 radical (unpaired) electrons. The summed E-state index contributed by atoms with van der Waals surface area (Å²) in [6.07, 6.45) is 7.07. The van der Waals surface area contributed by atoms with Crippen molar-refractivity contribution < 1.29 is 4.39 Å². The maximum Gasteiger partial charge on any atom is 0.123 e. The number of benzene rings is 1. The van der Waals surface area contributed by atoms with Crippen molar-refractivity contribution in [3.05, 3.63) is 47.8 Å². The average Bonchev–Trinajstić information content (AvgIpc) is 2.31. The first-order valence-electron chi connectivity index (χ1n) is 5.99. The lowest BCUT2D eigenvalue weighted by atomic mass is 9.87. The first kappa shape index (κ1) is 10.0. The number of rotatable bonds is 1. The quantitative estimate of drug-likeness (QED) is 0.653. The van der Waals surface area contributed by atoms with Crippen molar-refractivity contribution in [3.8, 4) is 0 Å². The molecule has 2 heteroatoms. The van der Waals surface area contributed by atoms with Gasteiger partial charge in [-0.05, 0) is 36.5 Å². The number of hydrogen-bond donors (Lipinski definition) is 0. The molecule has 2 heterocycles. The molecule has 2 bridgehead atoms. The minimum Gasteiger partial charge on any atom is -0.292 e. The minimum absolute atomic E-state index is 0.143. The van der Waals surface area contributed by atoms with Crippen LogP contribution in [0.2, 0.25) is 0 Å². The Morgan fingerprint density at radius 1 is 1.12 bits per heavy atom. The van der Waals surface area contributed by atoms with Gasteiger partial charge in [-0.3, -0.25) is 4.90 Å². The van der Waals surface area contributed by atoms with E-state index in [1.54, 1.807) is 12.1 Å². The summed E-state index contributed by atoms with van der Waals surface area (Å²) in [5, 5.41) is 0. The van der Waals surface area contributed by atoms with E-state index < -0.39 is 0 Å². The van der Waals surface area contributed by atoms with Gasteiger partial charge in [0.05, 0.1) is 0 Å². The van der Waals surface area contributed by atoms with Crippen molar-refractivity contribution in [3.63, 3.8) is 0 Å². The zero-order valence-corrected chi connectivity index (χ0v) is 9.27. The van der Waals surface area contributed by atoms with Gasteiger partial charge in [-0.1, -0.05) is 24.3 Å². The minimum atomic E-state index is -0.143. The van der Waals surface area contributed by atoms with Crippen molar-refractivity contribution in [1.82, 2.24) is 4.90 Å². The highest BCUT2D eigenvalue weighted by Gasteiger charge is 2.29. The van der Waals surface area contributed by atoms with Crippen molar-refractivity contribution in [2.45, 2.75) is 18.9 Å². The smallest absolute Gasteiger partial charge is 0.123 e. The lowest BCUT2D eigenvalue weighted by Gasteiger charge is -2.41. The van der Waals surface area contributed by atoms with Gasteiger partial charge in [-0.2, -0.15) is 0 Å². The fourth-order valence-electron chi connectivity index (χ4n) is 2.88. The molecule has 1 fully saturated rings. The highest BCUT2D eigenvalue weighted by molar-refractivity contribution is 5.21. The lowest BCUT2D eigenvalue weighted by molar-refractivity contribution is 0.129. The van der Waals surface area contributed by atoms with Crippen LogP contribution in [0.5, 0.6) is 0 Å². The SMILES string of the molecule is Fc1ccc(C2CCC3C=CCN2C3)cc1. The van der Waals surface area contributed by atoms with Crippen molar-refractivity contribution in [2.24, 2.45) is 5.92 Å². The fraction of sp³-hybridized carbons (Fsp3) is 0.429. The Morgan fingerprint density at radius 3 is 2.75 bits per heavy atom. The van der Waals surface area contributed by atoms with Crippen LogP contribution in [-0.2, 0) is 0 Å². The molecule has 3 rings (SSSR count). The highest BCUT2D eigenvalue weighted by Crippen LogP contribution is 2.35. The maximum atomic E-state index is 12.9. The molecule has 0 aromatic heterocycles. The van der Waals surface area contributed by atoms with E-state index in [0.29, 0.717) is 6.04 Å². The normalized spacial score (nSPS) is 32.7. The summed E-state index contributed by atoms with van der Waals surface area (Å²) in [4.78, 5) is 2.50. The van der Waals surface area contributed by atoms with E-state index in [1.807, 2.05) is 12.1 Å². The summed E-state index contributed by atoms with van der Waals surface area (Å²) in [5.74, 6) is 0.599. The molecular formula is C14H16FN.